The average molecular weight is 465 g/mol. The molecule has 1 aliphatic carbocycles. The molecule has 34 heavy (non-hydrogen) atoms. The molecule has 0 bridgehead atoms. The standard InChI is InChI=1S/C23H25FN8O2/c1-11-21-27-12(2)30-32(21)18-8-14(24)7-17(20(18)31(11)4)28-16-9-19(29-22(33)13-5-6-13)26-10-15(16)23(34)25-3/h7-11,13H,5-6H2,1-4H3,(H,25,34)(H2,26,28,29,33)/t11-/m0/s1. The second-order valence-corrected chi connectivity index (χ2v) is 8.62. The molecule has 5 rings (SSSR count). The molecule has 3 N–H and O–H groups in total. The fourth-order valence-electron chi connectivity index (χ4n) is 4.12. The molecule has 3 aromatic rings. The number of anilines is 4. The molecule has 11 heteroatoms. The molecule has 3 heterocycles. The molecule has 10 nitrogen and oxygen atoms in total. The Morgan fingerprint density at radius 2 is 1.94 bits per heavy atom. The monoisotopic (exact) mass is 464 g/mol. The van der Waals surface area contributed by atoms with Crippen LogP contribution in [0.4, 0.5) is 27.3 Å². The Bertz CT molecular complexity index is 1320. The maximum atomic E-state index is 14.8. The molecule has 2 amide bonds. The topological polar surface area (TPSA) is 117 Å². The summed E-state index contributed by atoms with van der Waals surface area (Å²) in [4.78, 5) is 35.5. The lowest BCUT2D eigenvalue weighted by atomic mass is 10.1. The quantitative estimate of drug-likeness (QED) is 0.531. The van der Waals surface area contributed by atoms with Gasteiger partial charge in [0.1, 0.15) is 17.5 Å². The fraction of sp³-hybridized carbons (Fsp3) is 0.348. The van der Waals surface area contributed by atoms with Gasteiger partial charge in [0.25, 0.3) is 5.91 Å². The maximum Gasteiger partial charge on any atom is 0.254 e. The second kappa shape index (κ2) is 8.08. The van der Waals surface area contributed by atoms with Gasteiger partial charge in [0.15, 0.2) is 5.82 Å². The number of hydrogen-bond acceptors (Lipinski definition) is 7. The number of carbonyl (C=O) groups is 2. The van der Waals surface area contributed by atoms with Crippen LogP contribution in [0.1, 0.15) is 47.8 Å². The van der Waals surface area contributed by atoms with E-state index in [-0.39, 0.29) is 29.3 Å². The van der Waals surface area contributed by atoms with Gasteiger partial charge >= 0.3 is 0 Å². The van der Waals surface area contributed by atoms with E-state index in [0.29, 0.717) is 40.2 Å². The van der Waals surface area contributed by atoms with Crippen LogP contribution < -0.4 is 20.9 Å². The Labute approximate surface area is 195 Å². The van der Waals surface area contributed by atoms with Crippen molar-refractivity contribution in [3.05, 3.63) is 47.4 Å². The third-order valence-electron chi connectivity index (χ3n) is 6.17. The summed E-state index contributed by atoms with van der Waals surface area (Å²) in [7, 11) is 3.41. The van der Waals surface area contributed by atoms with Crippen molar-refractivity contribution in [2.75, 3.05) is 29.6 Å². The summed E-state index contributed by atoms with van der Waals surface area (Å²) in [6, 6.07) is 4.24. The lowest BCUT2D eigenvalue weighted by molar-refractivity contribution is -0.117. The minimum atomic E-state index is -0.471. The third kappa shape index (κ3) is 3.72. The van der Waals surface area contributed by atoms with Crippen molar-refractivity contribution in [2.24, 2.45) is 5.92 Å². The number of benzene rings is 1. The largest absolute Gasteiger partial charge is 0.361 e. The van der Waals surface area contributed by atoms with Crippen LogP contribution in [0, 0.1) is 18.7 Å². The Kier molecular flexibility index (Phi) is 5.18. The van der Waals surface area contributed by atoms with Crippen molar-refractivity contribution in [1.82, 2.24) is 25.1 Å². The van der Waals surface area contributed by atoms with Crippen LogP contribution in [0.15, 0.2) is 24.4 Å². The molecule has 0 radical (unpaired) electrons. The van der Waals surface area contributed by atoms with Gasteiger partial charge in [-0.05, 0) is 32.8 Å². The average Bonchev–Trinajstić information content (AvgIpc) is 3.58. The highest BCUT2D eigenvalue weighted by Gasteiger charge is 2.32. The molecule has 0 saturated heterocycles. The van der Waals surface area contributed by atoms with Crippen LogP contribution in [0.3, 0.4) is 0 Å². The summed E-state index contributed by atoms with van der Waals surface area (Å²) in [5.74, 6) is 0.683. The van der Waals surface area contributed by atoms with Crippen LogP contribution in [-0.4, -0.2) is 45.7 Å². The van der Waals surface area contributed by atoms with Crippen LogP contribution in [0.2, 0.25) is 0 Å². The number of halogens is 1. The van der Waals surface area contributed by atoms with Crippen LogP contribution >= 0.6 is 0 Å². The summed E-state index contributed by atoms with van der Waals surface area (Å²) < 4.78 is 16.4. The Balaban J connectivity index is 1.60. The summed E-state index contributed by atoms with van der Waals surface area (Å²) >= 11 is 0. The number of aromatic nitrogens is 4. The Morgan fingerprint density at radius 1 is 1.18 bits per heavy atom. The summed E-state index contributed by atoms with van der Waals surface area (Å²) in [6.45, 7) is 3.78. The van der Waals surface area contributed by atoms with E-state index in [1.807, 2.05) is 18.9 Å². The maximum absolute atomic E-state index is 14.8. The molecule has 1 aliphatic heterocycles. The molecule has 0 spiro atoms. The predicted octanol–water partition coefficient (Wildman–Crippen LogP) is 3.07. The third-order valence-corrected chi connectivity index (χ3v) is 6.17. The lowest BCUT2D eigenvalue weighted by Gasteiger charge is -2.35. The van der Waals surface area contributed by atoms with Gasteiger partial charge in [-0.3, -0.25) is 9.59 Å². The van der Waals surface area contributed by atoms with E-state index in [1.54, 1.807) is 17.7 Å². The first-order chi connectivity index (χ1) is 16.3. The smallest absolute Gasteiger partial charge is 0.254 e. The number of pyridine rings is 1. The number of rotatable bonds is 5. The van der Waals surface area contributed by atoms with Gasteiger partial charge in [0, 0.05) is 38.3 Å². The summed E-state index contributed by atoms with van der Waals surface area (Å²) in [6.07, 6.45) is 3.11. The normalized spacial score (nSPS) is 16.5. The summed E-state index contributed by atoms with van der Waals surface area (Å²) in [5, 5.41) is 13.0. The van der Waals surface area contributed by atoms with Gasteiger partial charge in [-0.25, -0.2) is 19.0 Å². The molecular formula is C23H25FN8O2. The first-order valence-corrected chi connectivity index (χ1v) is 11.1. The SMILES string of the molecule is CNC(=O)c1cnc(NC(=O)C2CC2)cc1Nc1cc(F)cc2c1N(C)[C@@H](C)c1nc(C)nn1-2. The first-order valence-electron chi connectivity index (χ1n) is 11.1. The van der Waals surface area contributed by atoms with Crippen LogP contribution in [0.25, 0.3) is 5.69 Å². The van der Waals surface area contributed by atoms with Gasteiger partial charge in [-0.15, -0.1) is 0 Å². The Morgan fingerprint density at radius 3 is 2.65 bits per heavy atom. The van der Waals surface area contributed by atoms with E-state index >= 15 is 0 Å². The number of nitrogens with one attached hydrogen (secondary N) is 3. The highest BCUT2D eigenvalue weighted by atomic mass is 19.1. The van der Waals surface area contributed by atoms with Crippen molar-refractivity contribution in [1.29, 1.82) is 0 Å². The number of nitrogens with zero attached hydrogens (tertiary/aromatic N) is 5. The van der Waals surface area contributed by atoms with E-state index in [9.17, 15) is 14.0 Å². The number of amides is 2. The minimum Gasteiger partial charge on any atom is -0.361 e. The van der Waals surface area contributed by atoms with Crippen molar-refractivity contribution >= 4 is 34.7 Å². The van der Waals surface area contributed by atoms with Crippen LogP contribution in [-0.2, 0) is 4.79 Å². The fourth-order valence-corrected chi connectivity index (χ4v) is 4.12. The zero-order chi connectivity index (χ0) is 24.1. The van der Waals surface area contributed by atoms with E-state index < -0.39 is 5.82 Å². The predicted molar refractivity (Wildman–Crippen MR) is 125 cm³/mol. The zero-order valence-electron chi connectivity index (χ0n) is 19.3. The molecular weight excluding hydrogens is 439 g/mol. The lowest BCUT2D eigenvalue weighted by Crippen LogP contribution is -2.31. The minimum absolute atomic E-state index is 0.00235. The number of hydrogen-bond donors (Lipinski definition) is 3. The highest BCUT2D eigenvalue weighted by molar-refractivity contribution is 6.02. The van der Waals surface area contributed by atoms with E-state index in [2.05, 4.69) is 31.0 Å². The molecule has 176 valence electrons. The van der Waals surface area contributed by atoms with Crippen molar-refractivity contribution in [2.45, 2.75) is 32.7 Å². The van der Waals surface area contributed by atoms with Crippen molar-refractivity contribution in [3.63, 3.8) is 0 Å². The first kappa shape index (κ1) is 21.8. The van der Waals surface area contributed by atoms with E-state index in [0.717, 1.165) is 12.8 Å². The van der Waals surface area contributed by atoms with Gasteiger partial charge < -0.3 is 20.9 Å². The molecule has 1 saturated carbocycles. The molecule has 0 unspecified atom stereocenters. The van der Waals surface area contributed by atoms with E-state index in [4.69, 9.17) is 0 Å². The van der Waals surface area contributed by atoms with Crippen LogP contribution in [0.5, 0.6) is 0 Å². The molecule has 2 aliphatic rings. The molecule has 2 aromatic heterocycles. The zero-order valence-corrected chi connectivity index (χ0v) is 19.3. The van der Waals surface area contributed by atoms with Gasteiger partial charge in [-0.1, -0.05) is 0 Å². The Hall–Kier alpha value is -4.02. The van der Waals surface area contributed by atoms with Crippen molar-refractivity contribution < 1.29 is 14.0 Å². The second-order valence-electron chi connectivity index (χ2n) is 8.62. The van der Waals surface area contributed by atoms with Gasteiger partial charge in [-0.2, -0.15) is 5.10 Å². The van der Waals surface area contributed by atoms with Crippen molar-refractivity contribution in [3.8, 4) is 5.69 Å². The number of carbonyl (C=O) groups excluding carboxylic acids is 2. The number of fused-ring (bicyclic) bond motifs is 3. The van der Waals surface area contributed by atoms with Gasteiger partial charge in [0.2, 0.25) is 5.91 Å². The summed E-state index contributed by atoms with van der Waals surface area (Å²) in [5.41, 5.74) is 2.33. The molecule has 1 fully saturated rings. The van der Waals surface area contributed by atoms with Gasteiger partial charge in [0.05, 0.1) is 34.4 Å². The molecule has 1 aromatic carbocycles. The number of aryl methyl sites for hydroxylation is 1. The van der Waals surface area contributed by atoms with E-state index in [1.165, 1.54) is 25.4 Å². The highest BCUT2D eigenvalue weighted by Crippen LogP contribution is 2.43. The molecule has 1 atom stereocenters.